The Bertz CT molecular complexity index is 197. The molecule has 1 aliphatic rings. The van der Waals surface area contributed by atoms with Crippen LogP contribution in [-0.4, -0.2) is 28.7 Å². The van der Waals surface area contributed by atoms with Crippen molar-refractivity contribution >= 4 is 21.8 Å². The normalized spacial score (nSPS) is 30.1. The minimum absolute atomic E-state index is 0.0139. The highest BCUT2D eigenvalue weighted by Gasteiger charge is 2.27. The number of piperidine rings is 1. The fourth-order valence-corrected chi connectivity index (χ4v) is 2.51. The highest BCUT2D eigenvalue weighted by molar-refractivity contribution is 9.10. The zero-order valence-electron chi connectivity index (χ0n) is 9.29. The SMILES string of the molecule is CC[C@H](Br)C(=O)N1C[C@@H](C)C[C@H](C)C1. The van der Waals surface area contributed by atoms with Crippen molar-refractivity contribution in [2.45, 2.75) is 38.4 Å². The van der Waals surface area contributed by atoms with Gasteiger partial charge in [-0.1, -0.05) is 36.7 Å². The molecular formula is C11H20BrNO. The van der Waals surface area contributed by atoms with E-state index in [0.29, 0.717) is 11.8 Å². The molecule has 0 N–H and O–H groups in total. The zero-order chi connectivity index (χ0) is 10.7. The molecule has 0 aliphatic carbocycles. The van der Waals surface area contributed by atoms with E-state index >= 15 is 0 Å². The van der Waals surface area contributed by atoms with Gasteiger partial charge in [-0.15, -0.1) is 0 Å². The van der Waals surface area contributed by atoms with Crippen LogP contribution in [0.5, 0.6) is 0 Å². The van der Waals surface area contributed by atoms with Crippen LogP contribution in [0.4, 0.5) is 0 Å². The molecule has 1 heterocycles. The van der Waals surface area contributed by atoms with Gasteiger partial charge in [-0.05, 0) is 24.7 Å². The average molecular weight is 262 g/mol. The molecule has 0 radical (unpaired) electrons. The van der Waals surface area contributed by atoms with Crippen LogP contribution in [0.3, 0.4) is 0 Å². The van der Waals surface area contributed by atoms with E-state index in [4.69, 9.17) is 0 Å². The monoisotopic (exact) mass is 261 g/mol. The zero-order valence-corrected chi connectivity index (χ0v) is 10.9. The predicted molar refractivity (Wildman–Crippen MR) is 62.5 cm³/mol. The third-order valence-corrected chi connectivity index (χ3v) is 3.85. The molecule has 1 fully saturated rings. The van der Waals surface area contributed by atoms with Gasteiger partial charge < -0.3 is 4.90 Å². The molecule has 1 amide bonds. The lowest BCUT2D eigenvalue weighted by Crippen LogP contribution is -2.45. The van der Waals surface area contributed by atoms with Gasteiger partial charge in [-0.25, -0.2) is 0 Å². The van der Waals surface area contributed by atoms with Crippen LogP contribution in [0, 0.1) is 11.8 Å². The van der Waals surface area contributed by atoms with Crippen LogP contribution in [0.1, 0.15) is 33.6 Å². The van der Waals surface area contributed by atoms with Gasteiger partial charge in [0, 0.05) is 13.1 Å². The first-order valence-corrected chi connectivity index (χ1v) is 6.39. The van der Waals surface area contributed by atoms with Crippen LogP contribution < -0.4 is 0 Å². The smallest absolute Gasteiger partial charge is 0.236 e. The van der Waals surface area contributed by atoms with Crippen LogP contribution in [-0.2, 0) is 4.79 Å². The first kappa shape index (κ1) is 12.0. The fraction of sp³-hybridized carbons (Fsp3) is 0.909. The van der Waals surface area contributed by atoms with Gasteiger partial charge >= 0.3 is 0 Å². The molecule has 2 nitrogen and oxygen atoms in total. The third kappa shape index (κ3) is 2.97. The number of halogens is 1. The van der Waals surface area contributed by atoms with E-state index in [0.717, 1.165) is 19.5 Å². The van der Waals surface area contributed by atoms with Crippen molar-refractivity contribution in [2.75, 3.05) is 13.1 Å². The Morgan fingerprint density at radius 2 is 1.93 bits per heavy atom. The summed E-state index contributed by atoms with van der Waals surface area (Å²) in [5, 5.41) is 0. The summed E-state index contributed by atoms with van der Waals surface area (Å²) in [6.07, 6.45) is 2.13. The largest absolute Gasteiger partial charge is 0.341 e. The molecule has 0 aromatic heterocycles. The highest BCUT2D eigenvalue weighted by Crippen LogP contribution is 2.22. The minimum atomic E-state index is 0.0139. The van der Waals surface area contributed by atoms with Gasteiger partial charge in [0.2, 0.25) is 5.91 Å². The quantitative estimate of drug-likeness (QED) is 0.700. The Morgan fingerprint density at radius 1 is 1.43 bits per heavy atom. The van der Waals surface area contributed by atoms with Gasteiger partial charge in [0.05, 0.1) is 4.83 Å². The Hall–Kier alpha value is -0.0500. The van der Waals surface area contributed by atoms with Crippen molar-refractivity contribution in [1.82, 2.24) is 4.90 Å². The maximum absolute atomic E-state index is 11.9. The van der Waals surface area contributed by atoms with Crippen LogP contribution >= 0.6 is 15.9 Å². The van der Waals surface area contributed by atoms with Gasteiger partial charge in [-0.2, -0.15) is 0 Å². The van der Waals surface area contributed by atoms with Crippen LogP contribution in [0.25, 0.3) is 0 Å². The van der Waals surface area contributed by atoms with E-state index in [1.807, 2.05) is 11.8 Å². The van der Waals surface area contributed by atoms with E-state index in [2.05, 4.69) is 29.8 Å². The summed E-state index contributed by atoms with van der Waals surface area (Å²) >= 11 is 3.43. The summed E-state index contributed by atoms with van der Waals surface area (Å²) in [5.41, 5.74) is 0. The molecule has 0 unspecified atom stereocenters. The fourth-order valence-electron chi connectivity index (χ4n) is 2.22. The lowest BCUT2D eigenvalue weighted by Gasteiger charge is -2.36. The first-order valence-electron chi connectivity index (χ1n) is 5.47. The summed E-state index contributed by atoms with van der Waals surface area (Å²) in [4.78, 5) is 13.9. The maximum atomic E-state index is 11.9. The van der Waals surface area contributed by atoms with Gasteiger partial charge in [0.15, 0.2) is 0 Å². The summed E-state index contributed by atoms with van der Waals surface area (Å²) in [7, 11) is 0. The van der Waals surface area contributed by atoms with E-state index < -0.39 is 0 Å². The average Bonchev–Trinajstić information content (AvgIpc) is 2.14. The maximum Gasteiger partial charge on any atom is 0.236 e. The molecule has 3 heteroatoms. The molecule has 14 heavy (non-hydrogen) atoms. The molecule has 3 atom stereocenters. The number of carbonyl (C=O) groups excluding carboxylic acids is 1. The first-order chi connectivity index (χ1) is 6.54. The molecule has 0 aromatic carbocycles. The molecule has 0 aromatic rings. The Morgan fingerprint density at radius 3 is 2.36 bits per heavy atom. The number of amides is 1. The molecule has 82 valence electrons. The van der Waals surface area contributed by atoms with E-state index in [-0.39, 0.29) is 10.7 Å². The molecular weight excluding hydrogens is 242 g/mol. The van der Waals surface area contributed by atoms with Gasteiger partial charge in [0.25, 0.3) is 0 Å². The standard InChI is InChI=1S/C11H20BrNO/c1-4-10(12)11(14)13-6-8(2)5-9(3)7-13/h8-10H,4-7H2,1-3H3/t8-,9-,10-/m0/s1. The highest BCUT2D eigenvalue weighted by atomic mass is 79.9. The molecule has 0 spiro atoms. The molecule has 0 saturated carbocycles. The van der Waals surface area contributed by atoms with Crippen LogP contribution in [0.2, 0.25) is 0 Å². The molecule has 1 saturated heterocycles. The Labute approximate surface area is 95.2 Å². The van der Waals surface area contributed by atoms with Crippen molar-refractivity contribution < 1.29 is 4.79 Å². The molecule has 1 aliphatic heterocycles. The number of hydrogen-bond donors (Lipinski definition) is 0. The number of rotatable bonds is 2. The Balaban J connectivity index is 2.54. The van der Waals surface area contributed by atoms with Crippen molar-refractivity contribution in [3.63, 3.8) is 0 Å². The van der Waals surface area contributed by atoms with Crippen LogP contribution in [0.15, 0.2) is 0 Å². The summed E-state index contributed by atoms with van der Waals surface area (Å²) in [6, 6.07) is 0. The number of nitrogens with zero attached hydrogens (tertiary/aromatic N) is 1. The van der Waals surface area contributed by atoms with Crippen molar-refractivity contribution in [1.29, 1.82) is 0 Å². The lowest BCUT2D eigenvalue weighted by molar-refractivity contribution is -0.133. The second kappa shape index (κ2) is 5.15. The second-order valence-corrected chi connectivity index (χ2v) is 5.67. The Kier molecular flexibility index (Phi) is 4.42. The number of hydrogen-bond acceptors (Lipinski definition) is 1. The number of alkyl halides is 1. The lowest BCUT2D eigenvalue weighted by atomic mass is 9.91. The molecule has 0 bridgehead atoms. The summed E-state index contributed by atoms with van der Waals surface area (Å²) in [5.74, 6) is 1.57. The number of likely N-dealkylation sites (tertiary alicyclic amines) is 1. The minimum Gasteiger partial charge on any atom is -0.341 e. The predicted octanol–water partition coefficient (Wildman–Crippen LogP) is 2.66. The van der Waals surface area contributed by atoms with Crippen molar-refractivity contribution in [3.8, 4) is 0 Å². The van der Waals surface area contributed by atoms with Gasteiger partial charge in [0.1, 0.15) is 0 Å². The number of carbonyl (C=O) groups is 1. The van der Waals surface area contributed by atoms with E-state index in [1.54, 1.807) is 0 Å². The summed E-state index contributed by atoms with van der Waals surface area (Å²) in [6.45, 7) is 8.36. The van der Waals surface area contributed by atoms with E-state index in [1.165, 1.54) is 6.42 Å². The topological polar surface area (TPSA) is 20.3 Å². The van der Waals surface area contributed by atoms with Crippen molar-refractivity contribution in [3.05, 3.63) is 0 Å². The van der Waals surface area contributed by atoms with Crippen molar-refractivity contribution in [2.24, 2.45) is 11.8 Å². The summed E-state index contributed by atoms with van der Waals surface area (Å²) < 4.78 is 0. The second-order valence-electron chi connectivity index (χ2n) is 4.57. The van der Waals surface area contributed by atoms with E-state index in [9.17, 15) is 4.79 Å². The third-order valence-electron chi connectivity index (χ3n) is 2.81. The van der Waals surface area contributed by atoms with Gasteiger partial charge in [-0.3, -0.25) is 4.79 Å². The molecule has 1 rings (SSSR count).